The van der Waals surface area contributed by atoms with Crippen molar-refractivity contribution in [2.75, 3.05) is 7.11 Å². The molecule has 0 amide bonds. The molecular formula is C11H19O. The van der Waals surface area contributed by atoms with Crippen molar-refractivity contribution in [2.24, 2.45) is 10.8 Å². The molecule has 0 aromatic rings. The molecule has 0 aromatic carbocycles. The molecule has 12 heavy (non-hydrogen) atoms. The molecule has 1 aliphatic carbocycles. The van der Waals surface area contributed by atoms with E-state index in [0.717, 1.165) is 12.2 Å². The van der Waals surface area contributed by atoms with E-state index in [1.54, 1.807) is 7.11 Å². The maximum absolute atomic E-state index is 5.30. The van der Waals surface area contributed by atoms with E-state index in [-0.39, 0.29) is 10.8 Å². The topological polar surface area (TPSA) is 9.23 Å². The van der Waals surface area contributed by atoms with Crippen LogP contribution < -0.4 is 0 Å². The van der Waals surface area contributed by atoms with Gasteiger partial charge in [-0.25, -0.2) is 0 Å². The molecule has 1 aliphatic rings. The molecule has 1 rings (SSSR count). The monoisotopic (exact) mass is 167 g/mol. The summed E-state index contributed by atoms with van der Waals surface area (Å²) in [6.07, 6.45) is 5.62. The van der Waals surface area contributed by atoms with E-state index in [9.17, 15) is 0 Å². The first-order chi connectivity index (χ1) is 5.35. The molecule has 1 radical (unpaired) electrons. The van der Waals surface area contributed by atoms with Gasteiger partial charge in [0, 0.05) is 6.42 Å². The van der Waals surface area contributed by atoms with Gasteiger partial charge in [-0.15, -0.1) is 0 Å². The molecule has 0 atom stereocenters. The Bertz CT molecular complexity index is 199. The van der Waals surface area contributed by atoms with Crippen molar-refractivity contribution < 1.29 is 4.74 Å². The Morgan fingerprint density at radius 2 is 1.83 bits per heavy atom. The highest BCUT2D eigenvalue weighted by Crippen LogP contribution is 2.43. The molecule has 0 aliphatic heterocycles. The molecule has 0 saturated heterocycles. The van der Waals surface area contributed by atoms with Gasteiger partial charge in [0.15, 0.2) is 0 Å². The fourth-order valence-electron chi connectivity index (χ4n) is 2.15. The average molecular weight is 167 g/mol. The first-order valence-corrected chi connectivity index (χ1v) is 4.47. The molecule has 0 spiro atoms. The van der Waals surface area contributed by atoms with E-state index in [4.69, 9.17) is 4.74 Å². The summed E-state index contributed by atoms with van der Waals surface area (Å²) in [5, 5.41) is 0. The molecule has 0 N–H and O–H groups in total. The van der Waals surface area contributed by atoms with Gasteiger partial charge in [-0.05, 0) is 23.3 Å². The van der Waals surface area contributed by atoms with Crippen molar-refractivity contribution in [3.63, 3.8) is 0 Å². The summed E-state index contributed by atoms with van der Waals surface area (Å²) in [4.78, 5) is 0. The lowest BCUT2D eigenvalue weighted by Crippen LogP contribution is -2.28. The van der Waals surface area contributed by atoms with E-state index >= 15 is 0 Å². The second kappa shape index (κ2) is 2.79. The Labute approximate surface area is 75.8 Å². The number of allylic oxidation sites excluding steroid dienone is 2. The van der Waals surface area contributed by atoms with Crippen molar-refractivity contribution in [3.8, 4) is 0 Å². The maximum atomic E-state index is 5.30. The van der Waals surface area contributed by atoms with Gasteiger partial charge in [0.25, 0.3) is 0 Å². The normalized spacial score (nSPS) is 26.2. The lowest BCUT2D eigenvalue weighted by molar-refractivity contribution is 0.203. The largest absolute Gasteiger partial charge is 0.501 e. The quantitative estimate of drug-likeness (QED) is 0.583. The third-order valence-electron chi connectivity index (χ3n) is 2.19. The van der Waals surface area contributed by atoms with Crippen LogP contribution in [0.4, 0.5) is 0 Å². The third-order valence-corrected chi connectivity index (χ3v) is 2.19. The second-order valence-electron chi connectivity index (χ2n) is 4.95. The van der Waals surface area contributed by atoms with E-state index in [1.165, 1.54) is 0 Å². The summed E-state index contributed by atoms with van der Waals surface area (Å²) in [6.45, 7) is 8.93. The summed E-state index contributed by atoms with van der Waals surface area (Å²) in [5.41, 5.74) is 0.441. The second-order valence-corrected chi connectivity index (χ2v) is 4.95. The van der Waals surface area contributed by atoms with Gasteiger partial charge in [0.2, 0.25) is 0 Å². The molecule has 1 nitrogen and oxygen atoms in total. The van der Waals surface area contributed by atoms with Crippen molar-refractivity contribution in [1.29, 1.82) is 0 Å². The number of ether oxygens (including phenoxy) is 1. The van der Waals surface area contributed by atoms with Crippen LogP contribution in [0.1, 0.15) is 34.1 Å². The zero-order valence-corrected chi connectivity index (χ0v) is 8.77. The van der Waals surface area contributed by atoms with Crippen LogP contribution in [0.3, 0.4) is 0 Å². The van der Waals surface area contributed by atoms with E-state index < -0.39 is 0 Å². The van der Waals surface area contributed by atoms with E-state index in [2.05, 4.69) is 40.2 Å². The minimum absolute atomic E-state index is 0.174. The van der Waals surface area contributed by atoms with Crippen LogP contribution in [0.5, 0.6) is 0 Å². The molecule has 0 unspecified atom stereocenters. The van der Waals surface area contributed by atoms with Crippen molar-refractivity contribution >= 4 is 0 Å². The minimum atomic E-state index is 0.174. The zero-order valence-electron chi connectivity index (χ0n) is 8.77. The van der Waals surface area contributed by atoms with Gasteiger partial charge in [-0.2, -0.15) is 0 Å². The lowest BCUT2D eigenvalue weighted by Gasteiger charge is -2.38. The molecular weight excluding hydrogens is 148 g/mol. The fraction of sp³-hybridized carbons (Fsp3) is 0.727. The molecule has 0 fully saturated rings. The Hall–Kier alpha value is -0.460. The van der Waals surface area contributed by atoms with E-state index in [0.29, 0.717) is 0 Å². The average Bonchev–Trinajstić information content (AvgIpc) is 1.80. The first-order valence-electron chi connectivity index (χ1n) is 4.47. The van der Waals surface area contributed by atoms with E-state index in [1.807, 2.05) is 0 Å². The number of rotatable bonds is 1. The van der Waals surface area contributed by atoms with Gasteiger partial charge in [-0.1, -0.05) is 27.7 Å². The molecule has 1 heteroatoms. The van der Waals surface area contributed by atoms with Crippen LogP contribution in [-0.4, -0.2) is 7.11 Å². The Morgan fingerprint density at radius 3 is 2.25 bits per heavy atom. The molecule has 0 saturated carbocycles. The van der Waals surface area contributed by atoms with Gasteiger partial charge in [-0.3, -0.25) is 0 Å². The van der Waals surface area contributed by atoms with Gasteiger partial charge < -0.3 is 4.74 Å². The molecule has 69 valence electrons. The third kappa shape index (κ3) is 2.26. The van der Waals surface area contributed by atoms with Crippen LogP contribution in [0.25, 0.3) is 0 Å². The van der Waals surface area contributed by atoms with Gasteiger partial charge >= 0.3 is 0 Å². The van der Waals surface area contributed by atoms with Gasteiger partial charge in [0.05, 0.1) is 12.9 Å². The van der Waals surface area contributed by atoms with Gasteiger partial charge in [0.1, 0.15) is 0 Å². The fourth-order valence-corrected chi connectivity index (χ4v) is 2.15. The zero-order chi connectivity index (χ0) is 9.41. The molecule has 0 bridgehead atoms. The lowest BCUT2D eigenvalue weighted by atomic mass is 9.69. The highest BCUT2D eigenvalue weighted by Gasteiger charge is 2.33. The summed E-state index contributed by atoms with van der Waals surface area (Å²) >= 11 is 0. The van der Waals surface area contributed by atoms with Crippen LogP contribution in [-0.2, 0) is 4.74 Å². The SMILES string of the molecule is COC1=CC(C)(C)[CH]C(C)(C)C1. The van der Waals surface area contributed by atoms with Crippen LogP contribution in [0, 0.1) is 17.3 Å². The van der Waals surface area contributed by atoms with Crippen molar-refractivity contribution in [3.05, 3.63) is 18.3 Å². The standard InChI is InChI=1S/C11H19O/c1-10(2)6-9(12-5)7-11(3,4)8-10/h6,8H,7H2,1-5H3. The number of methoxy groups -OCH3 is 1. The van der Waals surface area contributed by atoms with Crippen LogP contribution in [0.15, 0.2) is 11.8 Å². The van der Waals surface area contributed by atoms with Crippen molar-refractivity contribution in [1.82, 2.24) is 0 Å². The summed E-state index contributed by atoms with van der Waals surface area (Å²) in [6, 6.07) is 0. The maximum Gasteiger partial charge on any atom is 0.0926 e. The van der Waals surface area contributed by atoms with Crippen LogP contribution in [0.2, 0.25) is 0 Å². The highest BCUT2D eigenvalue weighted by molar-refractivity contribution is 5.18. The first kappa shape index (κ1) is 9.63. The summed E-state index contributed by atoms with van der Waals surface area (Å²) in [7, 11) is 1.75. The number of hydrogen-bond donors (Lipinski definition) is 0. The summed E-state index contributed by atoms with van der Waals surface area (Å²) < 4.78 is 5.30. The highest BCUT2D eigenvalue weighted by atomic mass is 16.5. The number of hydrogen-bond acceptors (Lipinski definition) is 1. The minimum Gasteiger partial charge on any atom is -0.501 e. The van der Waals surface area contributed by atoms with Crippen LogP contribution >= 0.6 is 0 Å². The predicted octanol–water partition coefficient (Wildman–Crippen LogP) is 3.18. The molecule has 0 heterocycles. The summed E-state index contributed by atoms with van der Waals surface area (Å²) in [5.74, 6) is 1.12. The Kier molecular flexibility index (Phi) is 2.24. The smallest absolute Gasteiger partial charge is 0.0926 e. The predicted molar refractivity (Wildman–Crippen MR) is 51.6 cm³/mol. The molecule has 0 aromatic heterocycles. The Balaban J connectivity index is 2.86. The van der Waals surface area contributed by atoms with Crippen molar-refractivity contribution in [2.45, 2.75) is 34.1 Å². The Morgan fingerprint density at radius 1 is 1.25 bits per heavy atom.